The molecule has 0 bridgehead atoms. The van der Waals surface area contributed by atoms with Gasteiger partial charge in [-0.05, 0) is 43.4 Å². The molecular weight excluding hydrogens is 192 g/mol. The normalized spacial score (nSPS) is 29.4. The molecular formula is C11H24N2S. The van der Waals surface area contributed by atoms with E-state index < -0.39 is 0 Å². The lowest BCUT2D eigenvalue weighted by atomic mass is 9.95. The van der Waals surface area contributed by atoms with Crippen LogP contribution in [0.3, 0.4) is 0 Å². The van der Waals surface area contributed by atoms with Crippen LogP contribution in [0.4, 0.5) is 0 Å². The molecule has 2 unspecified atom stereocenters. The zero-order chi connectivity index (χ0) is 10.4. The van der Waals surface area contributed by atoms with E-state index in [0.29, 0.717) is 12.0 Å². The minimum absolute atomic E-state index is 0.441. The quantitative estimate of drug-likeness (QED) is 0.711. The monoisotopic (exact) mass is 216 g/mol. The maximum absolute atomic E-state index is 5.99. The molecule has 3 heteroatoms. The van der Waals surface area contributed by atoms with Crippen LogP contribution in [0.25, 0.3) is 0 Å². The topological polar surface area (TPSA) is 29.3 Å². The molecule has 84 valence electrons. The largest absolute Gasteiger partial charge is 0.327 e. The lowest BCUT2D eigenvalue weighted by molar-refractivity contribution is 0.165. The van der Waals surface area contributed by atoms with Gasteiger partial charge in [0.1, 0.15) is 0 Å². The first-order chi connectivity index (χ1) is 6.74. The van der Waals surface area contributed by atoms with E-state index >= 15 is 0 Å². The van der Waals surface area contributed by atoms with E-state index in [2.05, 4.69) is 18.7 Å². The second kappa shape index (κ2) is 6.70. The smallest absolute Gasteiger partial charge is 0.00889 e. The van der Waals surface area contributed by atoms with Crippen molar-refractivity contribution in [2.75, 3.05) is 31.1 Å². The molecule has 0 aromatic carbocycles. The molecule has 1 fully saturated rings. The predicted molar refractivity (Wildman–Crippen MR) is 65.8 cm³/mol. The fourth-order valence-electron chi connectivity index (χ4n) is 1.99. The Labute approximate surface area is 92.6 Å². The lowest BCUT2D eigenvalue weighted by Crippen LogP contribution is -2.46. The Kier molecular flexibility index (Phi) is 5.90. The summed E-state index contributed by atoms with van der Waals surface area (Å²) in [6, 6.07) is 0.441. The highest BCUT2D eigenvalue weighted by Gasteiger charge is 2.22. The van der Waals surface area contributed by atoms with Gasteiger partial charge in [0.2, 0.25) is 0 Å². The number of thioether (sulfide) groups is 1. The summed E-state index contributed by atoms with van der Waals surface area (Å²) in [6.45, 7) is 8.19. The third kappa shape index (κ3) is 4.20. The highest BCUT2D eigenvalue weighted by atomic mass is 32.2. The SMILES string of the molecule is CCSCCCN1CCC(N)C(C)C1. The van der Waals surface area contributed by atoms with Gasteiger partial charge in [0.05, 0.1) is 0 Å². The molecule has 0 aliphatic carbocycles. The Morgan fingerprint density at radius 1 is 1.50 bits per heavy atom. The van der Waals surface area contributed by atoms with Crippen molar-refractivity contribution in [2.45, 2.75) is 32.7 Å². The van der Waals surface area contributed by atoms with Gasteiger partial charge in [-0.25, -0.2) is 0 Å². The maximum atomic E-state index is 5.99. The number of rotatable bonds is 5. The molecule has 0 aromatic rings. The Balaban J connectivity index is 2.07. The molecule has 1 aliphatic heterocycles. The van der Waals surface area contributed by atoms with Crippen LogP contribution >= 0.6 is 11.8 Å². The summed E-state index contributed by atoms with van der Waals surface area (Å²) in [5.74, 6) is 3.25. The van der Waals surface area contributed by atoms with Gasteiger partial charge in [0.25, 0.3) is 0 Å². The average molecular weight is 216 g/mol. The maximum Gasteiger partial charge on any atom is 0.00889 e. The van der Waals surface area contributed by atoms with Gasteiger partial charge in [0, 0.05) is 12.6 Å². The van der Waals surface area contributed by atoms with Gasteiger partial charge in [-0.1, -0.05) is 13.8 Å². The van der Waals surface area contributed by atoms with E-state index in [1.54, 1.807) is 0 Å². The molecule has 2 nitrogen and oxygen atoms in total. The Morgan fingerprint density at radius 2 is 2.29 bits per heavy atom. The van der Waals surface area contributed by atoms with Crippen molar-refractivity contribution in [3.63, 3.8) is 0 Å². The molecule has 0 spiro atoms. The number of hydrogen-bond acceptors (Lipinski definition) is 3. The van der Waals surface area contributed by atoms with E-state index in [1.165, 1.54) is 44.0 Å². The van der Waals surface area contributed by atoms with E-state index in [0.717, 1.165) is 0 Å². The van der Waals surface area contributed by atoms with Crippen LogP contribution in [0.1, 0.15) is 26.7 Å². The zero-order valence-corrected chi connectivity index (χ0v) is 10.4. The standard InChI is InChI=1S/C11H24N2S/c1-3-14-8-4-6-13-7-5-11(12)10(2)9-13/h10-11H,3-9,12H2,1-2H3. The van der Waals surface area contributed by atoms with Crippen LogP contribution in [-0.4, -0.2) is 42.1 Å². The molecule has 1 rings (SSSR count). The highest BCUT2D eigenvalue weighted by molar-refractivity contribution is 7.99. The fourth-order valence-corrected chi connectivity index (χ4v) is 2.61. The van der Waals surface area contributed by atoms with Crippen molar-refractivity contribution < 1.29 is 0 Å². The average Bonchev–Trinajstić information content (AvgIpc) is 2.18. The Morgan fingerprint density at radius 3 is 2.93 bits per heavy atom. The first-order valence-corrected chi connectivity index (χ1v) is 6.95. The summed E-state index contributed by atoms with van der Waals surface area (Å²) in [4.78, 5) is 2.57. The number of hydrogen-bond donors (Lipinski definition) is 1. The van der Waals surface area contributed by atoms with Gasteiger partial charge in [-0.2, -0.15) is 11.8 Å². The molecule has 1 saturated heterocycles. The van der Waals surface area contributed by atoms with E-state index in [-0.39, 0.29) is 0 Å². The number of likely N-dealkylation sites (tertiary alicyclic amines) is 1. The van der Waals surface area contributed by atoms with E-state index in [4.69, 9.17) is 5.73 Å². The van der Waals surface area contributed by atoms with Crippen molar-refractivity contribution in [1.29, 1.82) is 0 Å². The van der Waals surface area contributed by atoms with Crippen LogP contribution in [0.2, 0.25) is 0 Å². The molecule has 1 aliphatic rings. The molecule has 14 heavy (non-hydrogen) atoms. The Hall–Kier alpha value is 0.270. The first-order valence-electron chi connectivity index (χ1n) is 5.79. The van der Waals surface area contributed by atoms with Crippen molar-refractivity contribution in [3.8, 4) is 0 Å². The van der Waals surface area contributed by atoms with E-state index in [9.17, 15) is 0 Å². The molecule has 2 N–H and O–H groups in total. The molecule has 0 aromatic heterocycles. The Bertz CT molecular complexity index is 152. The summed E-state index contributed by atoms with van der Waals surface area (Å²) in [5.41, 5.74) is 5.99. The lowest BCUT2D eigenvalue weighted by Gasteiger charge is -2.35. The van der Waals surface area contributed by atoms with Crippen LogP contribution in [0, 0.1) is 5.92 Å². The first kappa shape index (κ1) is 12.3. The molecule has 1 heterocycles. The summed E-state index contributed by atoms with van der Waals surface area (Å²) >= 11 is 2.05. The summed E-state index contributed by atoms with van der Waals surface area (Å²) < 4.78 is 0. The van der Waals surface area contributed by atoms with Gasteiger partial charge in [0.15, 0.2) is 0 Å². The van der Waals surface area contributed by atoms with Crippen LogP contribution in [0.15, 0.2) is 0 Å². The van der Waals surface area contributed by atoms with Crippen LogP contribution in [-0.2, 0) is 0 Å². The predicted octanol–water partition coefficient (Wildman–Crippen LogP) is 1.80. The third-order valence-electron chi connectivity index (χ3n) is 3.02. The van der Waals surface area contributed by atoms with Crippen molar-refractivity contribution in [3.05, 3.63) is 0 Å². The zero-order valence-electron chi connectivity index (χ0n) is 9.54. The van der Waals surface area contributed by atoms with Gasteiger partial charge in [-0.3, -0.25) is 0 Å². The number of nitrogens with two attached hydrogens (primary N) is 1. The van der Waals surface area contributed by atoms with Crippen LogP contribution < -0.4 is 5.73 Å². The summed E-state index contributed by atoms with van der Waals surface area (Å²) in [6.07, 6.45) is 2.52. The summed E-state index contributed by atoms with van der Waals surface area (Å²) in [5, 5.41) is 0. The molecule has 2 atom stereocenters. The molecule has 0 radical (unpaired) electrons. The number of nitrogens with zero attached hydrogens (tertiary/aromatic N) is 1. The van der Waals surface area contributed by atoms with Crippen molar-refractivity contribution >= 4 is 11.8 Å². The van der Waals surface area contributed by atoms with Crippen LogP contribution in [0.5, 0.6) is 0 Å². The molecule has 0 saturated carbocycles. The fraction of sp³-hybridized carbons (Fsp3) is 1.00. The summed E-state index contributed by atoms with van der Waals surface area (Å²) in [7, 11) is 0. The minimum Gasteiger partial charge on any atom is -0.327 e. The van der Waals surface area contributed by atoms with E-state index in [1.807, 2.05) is 11.8 Å². The second-order valence-corrected chi connectivity index (χ2v) is 5.67. The highest BCUT2D eigenvalue weighted by Crippen LogP contribution is 2.15. The molecule has 0 amide bonds. The van der Waals surface area contributed by atoms with Gasteiger partial charge >= 0.3 is 0 Å². The third-order valence-corrected chi connectivity index (χ3v) is 4.01. The second-order valence-electron chi connectivity index (χ2n) is 4.28. The van der Waals surface area contributed by atoms with Gasteiger partial charge in [-0.15, -0.1) is 0 Å². The van der Waals surface area contributed by atoms with Crippen molar-refractivity contribution in [1.82, 2.24) is 4.90 Å². The number of piperidine rings is 1. The van der Waals surface area contributed by atoms with Gasteiger partial charge < -0.3 is 10.6 Å². The van der Waals surface area contributed by atoms with Crippen molar-refractivity contribution in [2.24, 2.45) is 11.7 Å². The minimum atomic E-state index is 0.441.